The lowest BCUT2D eigenvalue weighted by molar-refractivity contribution is -0.138. The summed E-state index contributed by atoms with van der Waals surface area (Å²) >= 11 is 0. The summed E-state index contributed by atoms with van der Waals surface area (Å²) in [6, 6.07) is 0.168. The van der Waals surface area contributed by atoms with Crippen molar-refractivity contribution >= 4 is 11.8 Å². The lowest BCUT2D eigenvalue weighted by Crippen LogP contribution is -2.54. The van der Waals surface area contributed by atoms with Gasteiger partial charge in [0.05, 0.1) is 24.9 Å². The van der Waals surface area contributed by atoms with E-state index in [1.807, 2.05) is 9.80 Å². The van der Waals surface area contributed by atoms with Crippen LogP contribution in [0.25, 0.3) is 0 Å². The first-order valence-corrected chi connectivity index (χ1v) is 7.57. The molecule has 0 spiro atoms. The smallest absolute Gasteiger partial charge is 0.274 e. The zero-order chi connectivity index (χ0) is 15.5. The second kappa shape index (κ2) is 6.39. The third-order valence-electron chi connectivity index (χ3n) is 4.46. The largest absolute Gasteiger partial charge is 0.383 e. The topological polar surface area (TPSA) is 75.6 Å². The summed E-state index contributed by atoms with van der Waals surface area (Å²) in [7, 11) is 1.63. The molecule has 0 unspecified atom stereocenters. The number of likely N-dealkylation sites (tertiary alicyclic amines) is 2. The number of rotatable bonds is 4. The van der Waals surface area contributed by atoms with Crippen LogP contribution in [0.4, 0.5) is 0 Å². The first-order valence-electron chi connectivity index (χ1n) is 7.57. The van der Waals surface area contributed by atoms with Crippen LogP contribution in [0.5, 0.6) is 0 Å². The molecule has 0 aromatic carbocycles. The number of piperidine rings is 1. The molecule has 3 rings (SSSR count). The van der Waals surface area contributed by atoms with Gasteiger partial charge in [-0.3, -0.25) is 14.6 Å². The van der Waals surface area contributed by atoms with Gasteiger partial charge in [0, 0.05) is 39.0 Å². The van der Waals surface area contributed by atoms with E-state index in [-0.39, 0.29) is 23.9 Å². The Morgan fingerprint density at radius 2 is 2.23 bits per heavy atom. The zero-order valence-corrected chi connectivity index (χ0v) is 12.6. The van der Waals surface area contributed by atoms with Gasteiger partial charge in [0.25, 0.3) is 5.91 Å². The maximum Gasteiger partial charge on any atom is 0.274 e. The Labute approximate surface area is 129 Å². The average molecular weight is 304 g/mol. The molecule has 0 radical (unpaired) electrons. The molecule has 2 aliphatic rings. The van der Waals surface area contributed by atoms with Crippen molar-refractivity contribution in [1.29, 1.82) is 0 Å². The normalized spacial score (nSPS) is 24.5. The number of methoxy groups -OCH3 is 1. The highest BCUT2D eigenvalue weighted by Crippen LogP contribution is 2.32. The quantitative estimate of drug-likeness (QED) is 0.801. The van der Waals surface area contributed by atoms with Crippen LogP contribution in [0.1, 0.15) is 29.8 Å². The number of hydrogen-bond acceptors (Lipinski definition) is 5. The van der Waals surface area contributed by atoms with Gasteiger partial charge in [-0.2, -0.15) is 0 Å². The lowest BCUT2D eigenvalue weighted by atomic mass is 9.96. The maximum atomic E-state index is 12.6. The van der Waals surface area contributed by atoms with Crippen LogP contribution in [-0.2, 0) is 9.53 Å². The molecule has 1 aromatic rings. The molecule has 7 heteroatoms. The Morgan fingerprint density at radius 3 is 2.95 bits per heavy atom. The molecule has 7 nitrogen and oxygen atoms in total. The van der Waals surface area contributed by atoms with Crippen molar-refractivity contribution in [3.05, 3.63) is 24.3 Å². The van der Waals surface area contributed by atoms with Crippen LogP contribution >= 0.6 is 0 Å². The highest BCUT2D eigenvalue weighted by molar-refractivity contribution is 5.92. The van der Waals surface area contributed by atoms with E-state index in [2.05, 4.69) is 9.97 Å². The molecule has 0 bridgehead atoms. The van der Waals surface area contributed by atoms with E-state index in [4.69, 9.17) is 4.74 Å². The monoisotopic (exact) mass is 304 g/mol. The standard InChI is InChI=1S/C15H20N4O3/c1-22-9-8-18-13-4-7-19(12(13)2-3-14(18)20)15(21)11-10-16-5-6-17-11/h5-6,10,12-13H,2-4,7-9H2,1H3/t12-,13-/m1/s1. The summed E-state index contributed by atoms with van der Waals surface area (Å²) in [4.78, 5) is 36.5. The average Bonchev–Trinajstić information content (AvgIpc) is 2.98. The fourth-order valence-corrected chi connectivity index (χ4v) is 3.44. The first-order chi connectivity index (χ1) is 10.7. The van der Waals surface area contributed by atoms with Crippen molar-refractivity contribution in [3.63, 3.8) is 0 Å². The van der Waals surface area contributed by atoms with Gasteiger partial charge >= 0.3 is 0 Å². The van der Waals surface area contributed by atoms with Crippen molar-refractivity contribution in [1.82, 2.24) is 19.8 Å². The summed E-state index contributed by atoms with van der Waals surface area (Å²) in [5.41, 5.74) is 0.364. The van der Waals surface area contributed by atoms with Crippen molar-refractivity contribution in [2.45, 2.75) is 31.3 Å². The molecule has 2 saturated heterocycles. The number of nitrogens with zero attached hydrogens (tertiary/aromatic N) is 4. The van der Waals surface area contributed by atoms with Gasteiger partial charge in [-0.15, -0.1) is 0 Å². The highest BCUT2D eigenvalue weighted by Gasteiger charge is 2.44. The summed E-state index contributed by atoms with van der Waals surface area (Å²) in [6.45, 7) is 1.76. The molecule has 3 heterocycles. The summed E-state index contributed by atoms with van der Waals surface area (Å²) < 4.78 is 5.09. The van der Waals surface area contributed by atoms with E-state index in [0.717, 1.165) is 12.8 Å². The highest BCUT2D eigenvalue weighted by atomic mass is 16.5. The van der Waals surface area contributed by atoms with Gasteiger partial charge < -0.3 is 14.5 Å². The number of fused-ring (bicyclic) bond motifs is 1. The Bertz CT molecular complexity index is 551. The number of hydrogen-bond donors (Lipinski definition) is 0. The van der Waals surface area contributed by atoms with Gasteiger partial charge in [-0.25, -0.2) is 4.98 Å². The van der Waals surface area contributed by atoms with Crippen LogP contribution in [0.2, 0.25) is 0 Å². The van der Waals surface area contributed by atoms with E-state index in [1.165, 1.54) is 12.4 Å². The molecule has 1 aromatic heterocycles. The number of aromatic nitrogens is 2. The molecular weight excluding hydrogens is 284 g/mol. The Morgan fingerprint density at radius 1 is 1.36 bits per heavy atom. The molecule has 118 valence electrons. The van der Waals surface area contributed by atoms with Crippen molar-refractivity contribution in [3.8, 4) is 0 Å². The van der Waals surface area contributed by atoms with Crippen molar-refractivity contribution in [2.75, 3.05) is 26.8 Å². The predicted octanol–water partition coefficient (Wildman–Crippen LogP) is 0.328. The number of carbonyl (C=O) groups is 2. The second-order valence-corrected chi connectivity index (χ2v) is 5.63. The third-order valence-corrected chi connectivity index (χ3v) is 4.46. The van der Waals surface area contributed by atoms with Crippen LogP contribution in [-0.4, -0.2) is 70.5 Å². The molecule has 2 amide bonds. The second-order valence-electron chi connectivity index (χ2n) is 5.63. The number of carbonyl (C=O) groups excluding carboxylic acids is 2. The molecule has 22 heavy (non-hydrogen) atoms. The molecular formula is C15H20N4O3. The lowest BCUT2D eigenvalue weighted by Gasteiger charge is -2.39. The van der Waals surface area contributed by atoms with Crippen LogP contribution in [0.3, 0.4) is 0 Å². The van der Waals surface area contributed by atoms with Crippen molar-refractivity contribution < 1.29 is 14.3 Å². The van der Waals surface area contributed by atoms with Gasteiger partial charge in [-0.1, -0.05) is 0 Å². The summed E-state index contributed by atoms with van der Waals surface area (Å²) in [5.74, 6) is 0.0637. The van der Waals surface area contributed by atoms with Crippen LogP contribution in [0.15, 0.2) is 18.6 Å². The maximum absolute atomic E-state index is 12.6. The van der Waals surface area contributed by atoms with Gasteiger partial charge in [0.15, 0.2) is 0 Å². The molecule has 2 fully saturated rings. The van der Waals surface area contributed by atoms with Gasteiger partial charge in [-0.05, 0) is 12.8 Å². The third kappa shape index (κ3) is 2.68. The van der Waals surface area contributed by atoms with Crippen LogP contribution < -0.4 is 0 Å². The van der Waals surface area contributed by atoms with E-state index < -0.39 is 0 Å². The molecule has 2 atom stereocenters. The molecule has 0 saturated carbocycles. The molecule has 2 aliphatic heterocycles. The molecule has 0 N–H and O–H groups in total. The minimum absolute atomic E-state index is 0.0732. The Kier molecular flexibility index (Phi) is 4.33. The van der Waals surface area contributed by atoms with E-state index in [1.54, 1.807) is 13.3 Å². The summed E-state index contributed by atoms with van der Waals surface area (Å²) in [5, 5.41) is 0. The zero-order valence-electron chi connectivity index (χ0n) is 12.6. The Balaban J connectivity index is 1.75. The predicted molar refractivity (Wildman–Crippen MR) is 78.1 cm³/mol. The van der Waals surface area contributed by atoms with Crippen LogP contribution in [0, 0.1) is 0 Å². The molecule has 0 aliphatic carbocycles. The number of ether oxygens (including phenoxy) is 1. The minimum Gasteiger partial charge on any atom is -0.383 e. The van der Waals surface area contributed by atoms with Gasteiger partial charge in [0.2, 0.25) is 5.91 Å². The van der Waals surface area contributed by atoms with E-state index in [0.29, 0.717) is 31.8 Å². The van der Waals surface area contributed by atoms with E-state index in [9.17, 15) is 9.59 Å². The van der Waals surface area contributed by atoms with Gasteiger partial charge in [0.1, 0.15) is 5.69 Å². The number of amides is 2. The first kappa shape index (κ1) is 14.9. The SMILES string of the molecule is COCCN1C(=O)CC[C@@H]2[C@H]1CCN2C(=O)c1cnccn1. The summed E-state index contributed by atoms with van der Waals surface area (Å²) in [6.07, 6.45) is 6.58. The van der Waals surface area contributed by atoms with E-state index >= 15 is 0 Å². The fraction of sp³-hybridized carbons (Fsp3) is 0.600. The Hall–Kier alpha value is -2.02. The minimum atomic E-state index is -0.0957. The van der Waals surface area contributed by atoms with Crippen molar-refractivity contribution in [2.24, 2.45) is 0 Å². The fourth-order valence-electron chi connectivity index (χ4n) is 3.44.